The fraction of sp³-hybridized carbons (Fsp3) is 0.885. The minimum atomic E-state index is -0.676. The van der Waals surface area contributed by atoms with Gasteiger partial charge in [-0.1, -0.05) is 224 Å². The van der Waals surface area contributed by atoms with Crippen LogP contribution < -0.4 is 5.32 Å². The average molecular weight is 818 g/mol. The van der Waals surface area contributed by atoms with E-state index in [1.165, 1.54) is 173 Å². The molecule has 0 aromatic heterocycles. The largest absolute Gasteiger partial charge is 0.466 e. The summed E-state index contributed by atoms with van der Waals surface area (Å²) in [7, 11) is 0. The molecule has 0 aliphatic rings. The van der Waals surface area contributed by atoms with Crippen LogP contribution in [0.2, 0.25) is 0 Å². The zero-order valence-corrected chi connectivity index (χ0v) is 38.8. The third-order valence-corrected chi connectivity index (χ3v) is 11.8. The average Bonchev–Trinajstić information content (AvgIpc) is 3.22. The Morgan fingerprint density at radius 1 is 0.483 bits per heavy atom. The molecule has 6 nitrogen and oxygen atoms in total. The molecule has 0 spiro atoms. The third kappa shape index (κ3) is 43.9. The van der Waals surface area contributed by atoms with E-state index in [2.05, 4.69) is 43.5 Å². The highest BCUT2D eigenvalue weighted by atomic mass is 16.5. The summed E-state index contributed by atoms with van der Waals surface area (Å²) in [5, 5.41) is 23.1. The van der Waals surface area contributed by atoms with Gasteiger partial charge in [0.25, 0.3) is 0 Å². The first-order chi connectivity index (χ1) is 28.5. The Labute approximate surface area is 361 Å². The van der Waals surface area contributed by atoms with Crippen molar-refractivity contribution in [2.24, 2.45) is 0 Å². The summed E-state index contributed by atoms with van der Waals surface area (Å²) in [5.74, 6) is -0.0763. The lowest BCUT2D eigenvalue weighted by atomic mass is 10.0. The fourth-order valence-corrected chi connectivity index (χ4v) is 7.79. The van der Waals surface area contributed by atoms with Crippen LogP contribution in [0.3, 0.4) is 0 Å². The zero-order chi connectivity index (χ0) is 42.3. The van der Waals surface area contributed by atoms with Crippen molar-refractivity contribution >= 4 is 11.9 Å². The van der Waals surface area contributed by atoms with Gasteiger partial charge in [-0.2, -0.15) is 0 Å². The van der Waals surface area contributed by atoms with E-state index in [1.54, 1.807) is 0 Å². The predicted molar refractivity (Wildman–Crippen MR) is 250 cm³/mol. The van der Waals surface area contributed by atoms with Gasteiger partial charge in [-0.05, 0) is 57.8 Å². The summed E-state index contributed by atoms with van der Waals surface area (Å²) in [6.45, 7) is 4.88. The van der Waals surface area contributed by atoms with Crippen molar-refractivity contribution in [2.45, 2.75) is 283 Å². The van der Waals surface area contributed by atoms with Gasteiger partial charge in [0.2, 0.25) is 5.91 Å². The maximum atomic E-state index is 12.4. The molecule has 0 radical (unpaired) electrons. The molecule has 0 aliphatic heterocycles. The first-order valence-electron chi connectivity index (χ1n) is 25.6. The molecule has 58 heavy (non-hydrogen) atoms. The highest BCUT2D eigenvalue weighted by Crippen LogP contribution is 2.16. The van der Waals surface area contributed by atoms with Crippen LogP contribution in [0.1, 0.15) is 271 Å². The normalized spacial score (nSPS) is 12.8. The summed E-state index contributed by atoms with van der Waals surface area (Å²) in [6, 6.07) is -0.555. The van der Waals surface area contributed by atoms with Crippen LogP contribution in [0.25, 0.3) is 0 Å². The first-order valence-corrected chi connectivity index (χ1v) is 25.6. The molecule has 0 aliphatic carbocycles. The van der Waals surface area contributed by atoms with Crippen molar-refractivity contribution in [3.63, 3.8) is 0 Å². The number of carbonyl (C=O) groups excluding carboxylic acids is 2. The quantitative estimate of drug-likeness (QED) is 0.0323. The van der Waals surface area contributed by atoms with E-state index in [4.69, 9.17) is 4.74 Å². The number of amides is 1. The van der Waals surface area contributed by atoms with Gasteiger partial charge in [0.15, 0.2) is 0 Å². The summed E-state index contributed by atoms with van der Waals surface area (Å²) in [5.41, 5.74) is 0. The van der Waals surface area contributed by atoms with E-state index in [0.717, 1.165) is 64.2 Å². The van der Waals surface area contributed by atoms with Crippen LogP contribution in [-0.4, -0.2) is 47.4 Å². The summed E-state index contributed by atoms with van der Waals surface area (Å²) in [4.78, 5) is 24.5. The molecule has 0 rings (SSSR count). The molecule has 0 bridgehead atoms. The van der Waals surface area contributed by atoms with Crippen molar-refractivity contribution < 1.29 is 24.5 Å². The number of ether oxygens (including phenoxy) is 1. The molecule has 2 atom stereocenters. The van der Waals surface area contributed by atoms with Gasteiger partial charge in [-0.15, -0.1) is 0 Å². The Hall–Kier alpha value is -1.66. The van der Waals surface area contributed by atoms with Crippen LogP contribution in [-0.2, 0) is 14.3 Å². The molecule has 0 saturated heterocycles. The number of carbonyl (C=O) groups is 2. The summed E-state index contributed by atoms with van der Waals surface area (Å²) < 4.78 is 5.46. The monoisotopic (exact) mass is 818 g/mol. The summed E-state index contributed by atoms with van der Waals surface area (Å²) >= 11 is 0. The molecule has 6 heteroatoms. The van der Waals surface area contributed by atoms with Crippen molar-refractivity contribution in [3.8, 4) is 0 Å². The highest BCUT2D eigenvalue weighted by molar-refractivity contribution is 5.76. The van der Waals surface area contributed by atoms with Gasteiger partial charge in [0, 0.05) is 12.8 Å². The maximum Gasteiger partial charge on any atom is 0.305 e. The van der Waals surface area contributed by atoms with E-state index in [0.29, 0.717) is 25.9 Å². The van der Waals surface area contributed by atoms with Crippen LogP contribution in [0.4, 0.5) is 0 Å². The van der Waals surface area contributed by atoms with E-state index in [9.17, 15) is 19.8 Å². The standard InChI is InChI=1S/C52H99NO5/c1-3-5-7-9-11-13-15-17-18-19-20-21-22-26-30-34-38-42-46-52(57)58-47-43-39-35-31-27-23-25-29-33-37-41-45-51(56)53-49(48-54)50(55)44-40-36-32-28-24-16-14-12-10-8-6-4-2/h13,15,18-19,49-50,54-55H,3-12,14,16-17,20-48H2,1-2H3,(H,53,56)/b15-13-,19-18-. The molecule has 0 heterocycles. The smallest absolute Gasteiger partial charge is 0.305 e. The number of allylic oxidation sites excluding steroid dienone is 4. The van der Waals surface area contributed by atoms with E-state index < -0.39 is 12.1 Å². The molecule has 0 fully saturated rings. The van der Waals surface area contributed by atoms with Gasteiger partial charge in [0.1, 0.15) is 0 Å². The molecule has 0 saturated carbocycles. The van der Waals surface area contributed by atoms with Gasteiger partial charge < -0.3 is 20.3 Å². The van der Waals surface area contributed by atoms with E-state index in [1.807, 2.05) is 0 Å². The second-order valence-electron chi connectivity index (χ2n) is 17.5. The van der Waals surface area contributed by atoms with Crippen LogP contribution in [0, 0.1) is 0 Å². The minimum absolute atomic E-state index is 0.0212. The topological polar surface area (TPSA) is 95.9 Å². The third-order valence-electron chi connectivity index (χ3n) is 11.8. The molecule has 2 unspecified atom stereocenters. The fourth-order valence-electron chi connectivity index (χ4n) is 7.79. The van der Waals surface area contributed by atoms with Gasteiger partial charge >= 0.3 is 5.97 Å². The molecule has 1 amide bonds. The maximum absolute atomic E-state index is 12.4. The van der Waals surface area contributed by atoms with E-state index in [-0.39, 0.29) is 18.5 Å². The second-order valence-corrected chi connectivity index (χ2v) is 17.5. The zero-order valence-electron chi connectivity index (χ0n) is 38.8. The van der Waals surface area contributed by atoms with Gasteiger partial charge in [-0.3, -0.25) is 9.59 Å². The second kappa shape index (κ2) is 48.0. The van der Waals surface area contributed by atoms with Gasteiger partial charge in [-0.25, -0.2) is 0 Å². The number of unbranched alkanes of at least 4 members (excludes halogenated alkanes) is 32. The highest BCUT2D eigenvalue weighted by Gasteiger charge is 2.20. The number of rotatable bonds is 47. The molecular formula is C52H99NO5. The number of hydrogen-bond donors (Lipinski definition) is 3. The lowest BCUT2D eigenvalue weighted by Gasteiger charge is -2.22. The van der Waals surface area contributed by atoms with Crippen molar-refractivity contribution in [1.29, 1.82) is 0 Å². The molecule has 3 N–H and O–H groups in total. The minimum Gasteiger partial charge on any atom is -0.466 e. The summed E-state index contributed by atoms with van der Waals surface area (Å²) in [6.07, 6.45) is 55.7. The predicted octanol–water partition coefficient (Wildman–Crippen LogP) is 15.1. The molecule has 0 aromatic carbocycles. The van der Waals surface area contributed by atoms with Crippen molar-refractivity contribution in [2.75, 3.05) is 13.2 Å². The molecular weight excluding hydrogens is 719 g/mol. The Morgan fingerprint density at radius 3 is 1.33 bits per heavy atom. The number of nitrogens with one attached hydrogen (secondary N) is 1. The number of aliphatic hydroxyl groups excluding tert-OH is 2. The Bertz CT molecular complexity index is 904. The van der Waals surface area contributed by atoms with Crippen LogP contribution in [0.15, 0.2) is 24.3 Å². The number of hydrogen-bond acceptors (Lipinski definition) is 5. The SMILES string of the molecule is CCCCCC/C=C\C/C=C\CCCCCCCCCC(=O)OCCCCCCCCCCCCCC(=O)NC(CO)C(O)CCCCCCCCCCCCCC. The Morgan fingerprint density at radius 2 is 0.862 bits per heavy atom. The van der Waals surface area contributed by atoms with Crippen molar-refractivity contribution in [3.05, 3.63) is 24.3 Å². The van der Waals surface area contributed by atoms with Gasteiger partial charge in [0.05, 0.1) is 25.4 Å². The molecule has 342 valence electrons. The number of esters is 1. The van der Waals surface area contributed by atoms with Crippen LogP contribution in [0.5, 0.6) is 0 Å². The Kier molecular flexibility index (Phi) is 46.6. The molecule has 0 aromatic rings. The van der Waals surface area contributed by atoms with E-state index >= 15 is 0 Å². The lowest BCUT2D eigenvalue weighted by Crippen LogP contribution is -2.45. The Balaban J connectivity index is 3.46. The number of aliphatic hydroxyl groups is 2. The van der Waals surface area contributed by atoms with Crippen molar-refractivity contribution in [1.82, 2.24) is 5.32 Å². The lowest BCUT2D eigenvalue weighted by molar-refractivity contribution is -0.143. The first kappa shape index (κ1) is 56.3. The van der Waals surface area contributed by atoms with Crippen LogP contribution >= 0.6 is 0 Å².